The molecule has 0 spiro atoms. The first-order chi connectivity index (χ1) is 16.8. The number of carbonyl (C=O) groups excluding carboxylic acids is 1. The lowest BCUT2D eigenvalue weighted by Gasteiger charge is -2.17. The van der Waals surface area contributed by atoms with Crippen LogP contribution in [0.15, 0.2) is 42.5 Å². The summed E-state index contributed by atoms with van der Waals surface area (Å²) in [6, 6.07) is 11.9. The average Bonchev–Trinajstić information content (AvgIpc) is 3.10. The van der Waals surface area contributed by atoms with Gasteiger partial charge in [0.25, 0.3) is 5.91 Å². The van der Waals surface area contributed by atoms with Gasteiger partial charge in [-0.15, -0.1) is 0 Å². The molecule has 9 nitrogen and oxygen atoms in total. The molecule has 35 heavy (non-hydrogen) atoms. The highest BCUT2D eigenvalue weighted by Gasteiger charge is 2.21. The topological polar surface area (TPSA) is 132 Å². The molecule has 0 aliphatic rings. The summed E-state index contributed by atoms with van der Waals surface area (Å²) < 4.78 is 6.77. The predicted octanol–water partition coefficient (Wildman–Crippen LogP) is 2.19. The Bertz CT molecular complexity index is 1110. The van der Waals surface area contributed by atoms with E-state index in [0.29, 0.717) is 58.1 Å². The van der Waals surface area contributed by atoms with E-state index in [2.05, 4.69) is 0 Å². The minimum Gasteiger partial charge on any atom is -0.497 e. The Labute approximate surface area is 208 Å². The Morgan fingerprint density at radius 3 is 2.03 bits per heavy atom. The van der Waals surface area contributed by atoms with Crippen LogP contribution in [0.2, 0.25) is 5.02 Å². The number of aliphatic hydroxyl groups is 3. The Morgan fingerprint density at radius 2 is 1.54 bits per heavy atom. The fourth-order valence-electron chi connectivity index (χ4n) is 3.71. The number of hydrogen-bond donors (Lipinski definition) is 4. The SMILES string of the molecule is COc1ccc2c(c1)c(CC(=O)O)c(C)n2C(=O)c1ccc(Cl)cc1.OCCN(CCO)CCO. The number of aliphatic carboxylic acids is 1. The molecule has 0 saturated carbocycles. The van der Waals surface area contributed by atoms with Crippen LogP contribution in [0.25, 0.3) is 10.9 Å². The van der Waals surface area contributed by atoms with Crippen molar-refractivity contribution < 1.29 is 34.8 Å². The molecule has 0 aliphatic heterocycles. The van der Waals surface area contributed by atoms with Crippen LogP contribution in [0.3, 0.4) is 0 Å². The van der Waals surface area contributed by atoms with Gasteiger partial charge in [0.1, 0.15) is 5.75 Å². The molecule has 0 aliphatic carbocycles. The van der Waals surface area contributed by atoms with Gasteiger partial charge in [0.2, 0.25) is 0 Å². The zero-order valence-corrected chi connectivity index (χ0v) is 20.5. The van der Waals surface area contributed by atoms with Gasteiger partial charge in [-0.25, -0.2) is 0 Å². The van der Waals surface area contributed by atoms with Crippen LogP contribution in [0.5, 0.6) is 5.75 Å². The quantitative estimate of drug-likeness (QED) is 0.329. The Morgan fingerprint density at radius 1 is 0.971 bits per heavy atom. The number of halogens is 1. The van der Waals surface area contributed by atoms with Crippen LogP contribution >= 0.6 is 11.6 Å². The lowest BCUT2D eigenvalue weighted by Crippen LogP contribution is -2.32. The third-order valence-corrected chi connectivity index (χ3v) is 5.66. The molecule has 0 fully saturated rings. The molecule has 4 N–H and O–H groups in total. The van der Waals surface area contributed by atoms with Gasteiger partial charge in [0.15, 0.2) is 0 Å². The summed E-state index contributed by atoms with van der Waals surface area (Å²) in [6.07, 6.45) is -0.170. The number of carboxylic acid groups (broad SMARTS) is 1. The van der Waals surface area contributed by atoms with E-state index >= 15 is 0 Å². The van der Waals surface area contributed by atoms with Crippen molar-refractivity contribution in [2.45, 2.75) is 13.3 Å². The molecule has 0 saturated heterocycles. The van der Waals surface area contributed by atoms with Crippen molar-refractivity contribution >= 4 is 34.4 Å². The maximum Gasteiger partial charge on any atom is 0.307 e. The third-order valence-electron chi connectivity index (χ3n) is 5.41. The van der Waals surface area contributed by atoms with Crippen molar-refractivity contribution in [2.24, 2.45) is 0 Å². The fraction of sp³-hybridized carbons (Fsp3) is 0.360. The smallest absolute Gasteiger partial charge is 0.307 e. The van der Waals surface area contributed by atoms with Crippen molar-refractivity contribution in [1.82, 2.24) is 9.47 Å². The molecule has 3 aromatic rings. The van der Waals surface area contributed by atoms with Crippen molar-refractivity contribution in [1.29, 1.82) is 0 Å². The number of benzene rings is 2. The second-order valence-electron chi connectivity index (χ2n) is 7.68. The summed E-state index contributed by atoms with van der Waals surface area (Å²) in [6.45, 7) is 3.50. The van der Waals surface area contributed by atoms with Crippen molar-refractivity contribution in [2.75, 3.05) is 46.6 Å². The summed E-state index contributed by atoms with van der Waals surface area (Å²) in [4.78, 5) is 26.0. The molecule has 0 atom stereocenters. The van der Waals surface area contributed by atoms with Gasteiger partial charge in [0, 0.05) is 41.3 Å². The zero-order valence-electron chi connectivity index (χ0n) is 19.8. The molecule has 0 unspecified atom stereocenters. The number of ether oxygens (including phenoxy) is 1. The highest BCUT2D eigenvalue weighted by Crippen LogP contribution is 2.30. The highest BCUT2D eigenvalue weighted by molar-refractivity contribution is 6.30. The predicted molar refractivity (Wildman–Crippen MR) is 133 cm³/mol. The van der Waals surface area contributed by atoms with E-state index in [1.807, 2.05) is 0 Å². The lowest BCUT2D eigenvalue weighted by molar-refractivity contribution is -0.136. The van der Waals surface area contributed by atoms with E-state index in [9.17, 15) is 14.7 Å². The van der Waals surface area contributed by atoms with E-state index in [0.717, 1.165) is 0 Å². The second-order valence-corrected chi connectivity index (χ2v) is 8.11. The summed E-state index contributed by atoms with van der Waals surface area (Å²) >= 11 is 5.89. The van der Waals surface area contributed by atoms with Gasteiger partial charge < -0.3 is 25.2 Å². The maximum absolute atomic E-state index is 13.0. The number of hydrogen-bond acceptors (Lipinski definition) is 7. The second kappa shape index (κ2) is 13.8. The Kier molecular flexibility index (Phi) is 11.2. The minimum absolute atomic E-state index is 0.0694. The number of aromatic nitrogens is 1. The fourth-order valence-corrected chi connectivity index (χ4v) is 3.83. The van der Waals surface area contributed by atoms with E-state index in [1.54, 1.807) is 61.4 Å². The van der Waals surface area contributed by atoms with E-state index < -0.39 is 5.97 Å². The van der Waals surface area contributed by atoms with Crippen LogP contribution in [-0.2, 0) is 11.2 Å². The molecule has 10 heteroatoms. The number of carboxylic acids is 1. The highest BCUT2D eigenvalue weighted by atomic mass is 35.5. The molecule has 0 amide bonds. The van der Waals surface area contributed by atoms with Crippen molar-refractivity contribution in [3.8, 4) is 5.75 Å². The first-order valence-electron chi connectivity index (χ1n) is 11.0. The van der Waals surface area contributed by atoms with Gasteiger partial charge in [0.05, 0.1) is 38.9 Å². The van der Waals surface area contributed by atoms with Crippen LogP contribution in [0.4, 0.5) is 0 Å². The first-order valence-corrected chi connectivity index (χ1v) is 11.4. The Hall–Kier alpha value is -2.95. The van der Waals surface area contributed by atoms with E-state index in [1.165, 1.54) is 4.57 Å². The molecule has 190 valence electrons. The van der Waals surface area contributed by atoms with Gasteiger partial charge in [-0.05, 0) is 55.0 Å². The van der Waals surface area contributed by atoms with Crippen LogP contribution in [0, 0.1) is 6.92 Å². The van der Waals surface area contributed by atoms with Crippen molar-refractivity contribution in [3.05, 3.63) is 64.3 Å². The number of nitrogens with zero attached hydrogens (tertiary/aromatic N) is 2. The molecular formula is C25H31ClN2O7. The molecule has 0 bridgehead atoms. The molecule has 2 aromatic carbocycles. The van der Waals surface area contributed by atoms with E-state index in [4.69, 9.17) is 31.7 Å². The van der Waals surface area contributed by atoms with Gasteiger partial charge >= 0.3 is 5.97 Å². The molecule has 3 rings (SSSR count). The number of carbonyl (C=O) groups is 2. The van der Waals surface area contributed by atoms with Crippen molar-refractivity contribution in [3.63, 3.8) is 0 Å². The summed E-state index contributed by atoms with van der Waals surface area (Å²) in [7, 11) is 1.54. The zero-order chi connectivity index (χ0) is 26.0. The van der Waals surface area contributed by atoms with Crippen LogP contribution in [-0.4, -0.2) is 88.3 Å². The summed E-state index contributed by atoms with van der Waals surface area (Å²) in [5, 5.41) is 35.9. The van der Waals surface area contributed by atoms with Gasteiger partial charge in [-0.2, -0.15) is 0 Å². The standard InChI is InChI=1S/C19H16ClNO4.C6H15NO3/c1-11-15(10-18(22)23)16-9-14(25-2)7-8-17(16)21(11)19(24)12-3-5-13(20)6-4-12;8-4-1-7(2-5-9)3-6-10/h3-9H,10H2,1-2H3,(H,22,23);8-10H,1-6H2. The lowest BCUT2D eigenvalue weighted by atomic mass is 10.1. The van der Waals surface area contributed by atoms with Gasteiger partial charge in [-0.1, -0.05) is 11.6 Å². The summed E-state index contributed by atoms with van der Waals surface area (Å²) in [5.74, 6) is -0.583. The Balaban J connectivity index is 0.000000367. The number of methoxy groups -OCH3 is 1. The number of aliphatic hydroxyl groups excluding tert-OH is 3. The van der Waals surface area contributed by atoms with Gasteiger partial charge in [-0.3, -0.25) is 19.1 Å². The monoisotopic (exact) mass is 506 g/mol. The first kappa shape index (κ1) is 28.3. The summed E-state index contributed by atoms with van der Waals surface area (Å²) in [5.41, 5.74) is 2.32. The molecule has 1 heterocycles. The molecule has 1 aromatic heterocycles. The normalized spacial score (nSPS) is 10.8. The number of rotatable bonds is 10. The molecule has 0 radical (unpaired) electrons. The molecular weight excluding hydrogens is 476 g/mol. The van der Waals surface area contributed by atoms with Crippen LogP contribution in [0.1, 0.15) is 21.6 Å². The van der Waals surface area contributed by atoms with E-state index in [-0.39, 0.29) is 32.1 Å². The average molecular weight is 507 g/mol. The minimum atomic E-state index is -0.955. The maximum atomic E-state index is 13.0. The largest absolute Gasteiger partial charge is 0.497 e. The third kappa shape index (κ3) is 7.51. The number of fused-ring (bicyclic) bond motifs is 1. The van der Waals surface area contributed by atoms with Crippen LogP contribution < -0.4 is 4.74 Å².